The van der Waals surface area contributed by atoms with Gasteiger partial charge in [0, 0.05) is 6.04 Å². The molecule has 0 spiro atoms. The molecule has 3 N–H and O–H groups in total. The molecule has 0 radical (unpaired) electrons. The molecule has 0 aliphatic rings. The van der Waals surface area contributed by atoms with Gasteiger partial charge in [0.1, 0.15) is 5.54 Å². The molecule has 112 valence electrons. The van der Waals surface area contributed by atoms with Gasteiger partial charge >= 0.3 is 5.97 Å². The highest BCUT2D eigenvalue weighted by Gasteiger charge is 2.33. The van der Waals surface area contributed by atoms with Crippen LogP contribution in [0.2, 0.25) is 0 Å². The Bertz CT molecular complexity index is 292. The van der Waals surface area contributed by atoms with Crippen molar-refractivity contribution in [1.82, 2.24) is 10.6 Å². The molecule has 0 saturated heterocycles. The van der Waals surface area contributed by atoms with Crippen molar-refractivity contribution in [3.8, 4) is 0 Å². The monoisotopic (exact) mass is 290 g/mol. The molecule has 1 amide bonds. The first kappa shape index (κ1) is 18.2. The molecule has 0 aliphatic carbocycles. The van der Waals surface area contributed by atoms with Crippen LogP contribution >= 0.6 is 11.8 Å². The molecule has 0 aromatic heterocycles. The molecular formula is C13H26N2O3S. The van der Waals surface area contributed by atoms with E-state index >= 15 is 0 Å². The fourth-order valence-electron chi connectivity index (χ4n) is 1.85. The molecule has 1 unspecified atom stereocenters. The third-order valence-electron chi connectivity index (χ3n) is 3.07. The van der Waals surface area contributed by atoms with Crippen molar-refractivity contribution in [3.63, 3.8) is 0 Å². The van der Waals surface area contributed by atoms with Crippen LogP contribution in [0.15, 0.2) is 0 Å². The summed E-state index contributed by atoms with van der Waals surface area (Å²) in [6, 6.07) is 0.164. The van der Waals surface area contributed by atoms with E-state index in [1.54, 1.807) is 18.8 Å². The molecule has 0 aromatic carbocycles. The Kier molecular flexibility index (Phi) is 8.84. The first-order valence-electron chi connectivity index (χ1n) is 6.67. The molecule has 0 bridgehead atoms. The van der Waals surface area contributed by atoms with Crippen LogP contribution in [-0.2, 0) is 9.59 Å². The van der Waals surface area contributed by atoms with Crippen LogP contribution in [0.5, 0.6) is 0 Å². The van der Waals surface area contributed by atoms with Crippen LogP contribution < -0.4 is 10.6 Å². The summed E-state index contributed by atoms with van der Waals surface area (Å²) in [5, 5.41) is 15.0. The van der Waals surface area contributed by atoms with Crippen molar-refractivity contribution in [3.05, 3.63) is 0 Å². The van der Waals surface area contributed by atoms with Gasteiger partial charge in [0.15, 0.2) is 0 Å². The summed E-state index contributed by atoms with van der Waals surface area (Å²) < 4.78 is 0. The zero-order chi connectivity index (χ0) is 14.9. The van der Waals surface area contributed by atoms with Gasteiger partial charge < -0.3 is 15.7 Å². The van der Waals surface area contributed by atoms with E-state index in [1.807, 2.05) is 20.8 Å². The van der Waals surface area contributed by atoms with E-state index in [0.717, 1.165) is 12.2 Å². The summed E-state index contributed by atoms with van der Waals surface area (Å²) in [5.41, 5.74) is -0.833. The van der Waals surface area contributed by atoms with Gasteiger partial charge in [-0.25, -0.2) is 0 Å². The Hall–Kier alpha value is -0.750. The number of carboxylic acids is 1. The van der Waals surface area contributed by atoms with Gasteiger partial charge in [0.2, 0.25) is 5.91 Å². The Morgan fingerprint density at radius 1 is 1.37 bits per heavy atom. The Labute approximate surface area is 119 Å². The van der Waals surface area contributed by atoms with E-state index in [0.29, 0.717) is 18.6 Å². The molecule has 1 atom stereocenters. The summed E-state index contributed by atoms with van der Waals surface area (Å²) in [5.74, 6) is 0.459. The Morgan fingerprint density at radius 3 is 2.42 bits per heavy atom. The lowest BCUT2D eigenvalue weighted by Crippen LogP contribution is -2.49. The van der Waals surface area contributed by atoms with E-state index in [1.165, 1.54) is 0 Å². The van der Waals surface area contributed by atoms with Crippen molar-refractivity contribution in [2.45, 2.75) is 51.6 Å². The largest absolute Gasteiger partial charge is 0.480 e. The number of carbonyl (C=O) groups excluding carboxylic acids is 1. The van der Waals surface area contributed by atoms with Crippen molar-refractivity contribution < 1.29 is 14.7 Å². The number of likely N-dealkylation sites (N-methyl/N-ethyl adjacent to an activating group) is 1. The average Bonchev–Trinajstić information content (AvgIpc) is 2.33. The lowest BCUT2D eigenvalue weighted by atomic mass is 9.91. The van der Waals surface area contributed by atoms with Gasteiger partial charge in [-0.3, -0.25) is 9.59 Å². The fourth-order valence-corrected chi connectivity index (χ4v) is 2.61. The zero-order valence-corrected chi connectivity index (χ0v) is 13.1. The molecular weight excluding hydrogens is 264 g/mol. The van der Waals surface area contributed by atoms with Crippen LogP contribution in [0, 0.1) is 0 Å². The number of hydrogen-bond donors (Lipinski definition) is 3. The quantitative estimate of drug-likeness (QED) is 0.531. The SMILES string of the molecule is CCC(CCCSCC(=O)NC(C)C)(NC)C(=O)O. The molecule has 0 rings (SSSR count). The molecule has 0 heterocycles. The summed E-state index contributed by atoms with van der Waals surface area (Å²) in [6.45, 7) is 5.73. The summed E-state index contributed by atoms with van der Waals surface area (Å²) in [6.07, 6.45) is 1.91. The second kappa shape index (κ2) is 9.20. The predicted octanol–water partition coefficient (Wildman–Crippen LogP) is 1.48. The molecule has 0 saturated carbocycles. The maximum atomic E-state index is 11.4. The molecule has 6 heteroatoms. The van der Waals surface area contributed by atoms with Crippen LogP contribution in [-0.4, -0.2) is 47.1 Å². The van der Waals surface area contributed by atoms with Crippen LogP contribution in [0.1, 0.15) is 40.0 Å². The number of aliphatic carboxylic acids is 1. The van der Waals surface area contributed by atoms with E-state index in [2.05, 4.69) is 10.6 Å². The van der Waals surface area contributed by atoms with Crippen molar-refractivity contribution in [2.75, 3.05) is 18.6 Å². The normalized spacial score (nSPS) is 14.2. The van der Waals surface area contributed by atoms with E-state index in [-0.39, 0.29) is 11.9 Å². The number of carbonyl (C=O) groups is 2. The van der Waals surface area contributed by atoms with E-state index in [4.69, 9.17) is 0 Å². The minimum absolute atomic E-state index is 0.0357. The maximum absolute atomic E-state index is 11.4. The van der Waals surface area contributed by atoms with Gasteiger partial charge in [-0.1, -0.05) is 6.92 Å². The topological polar surface area (TPSA) is 78.4 Å². The standard InChI is InChI=1S/C13H26N2O3S/c1-5-13(14-4,12(17)18)7-6-8-19-9-11(16)15-10(2)3/h10,14H,5-9H2,1-4H3,(H,15,16)(H,17,18). The van der Waals surface area contributed by atoms with Crippen LogP contribution in [0.3, 0.4) is 0 Å². The lowest BCUT2D eigenvalue weighted by molar-refractivity contribution is -0.145. The van der Waals surface area contributed by atoms with Gasteiger partial charge in [0.05, 0.1) is 5.75 Å². The molecule has 0 fully saturated rings. The maximum Gasteiger partial charge on any atom is 0.323 e. The summed E-state index contributed by atoms with van der Waals surface area (Å²) in [7, 11) is 1.68. The number of amides is 1. The Morgan fingerprint density at radius 2 is 2.00 bits per heavy atom. The Balaban J connectivity index is 3.90. The zero-order valence-electron chi connectivity index (χ0n) is 12.3. The molecule has 19 heavy (non-hydrogen) atoms. The molecule has 5 nitrogen and oxygen atoms in total. The predicted molar refractivity (Wildman–Crippen MR) is 79.6 cm³/mol. The molecule has 0 aliphatic heterocycles. The van der Waals surface area contributed by atoms with Gasteiger partial charge in [0.25, 0.3) is 0 Å². The number of hydrogen-bond acceptors (Lipinski definition) is 4. The fraction of sp³-hybridized carbons (Fsp3) is 0.846. The second-order valence-electron chi connectivity index (χ2n) is 4.87. The highest BCUT2D eigenvalue weighted by Crippen LogP contribution is 2.19. The average molecular weight is 290 g/mol. The van der Waals surface area contributed by atoms with Crippen LogP contribution in [0.4, 0.5) is 0 Å². The van der Waals surface area contributed by atoms with Crippen molar-refractivity contribution >= 4 is 23.6 Å². The number of rotatable bonds is 10. The number of nitrogens with one attached hydrogen (secondary N) is 2. The van der Waals surface area contributed by atoms with E-state index < -0.39 is 11.5 Å². The first-order valence-corrected chi connectivity index (χ1v) is 7.83. The van der Waals surface area contributed by atoms with Gasteiger partial charge in [-0.2, -0.15) is 11.8 Å². The number of carboxylic acid groups (broad SMARTS) is 1. The lowest BCUT2D eigenvalue weighted by Gasteiger charge is -2.27. The van der Waals surface area contributed by atoms with E-state index in [9.17, 15) is 14.7 Å². The minimum Gasteiger partial charge on any atom is -0.480 e. The third-order valence-corrected chi connectivity index (χ3v) is 4.11. The highest BCUT2D eigenvalue weighted by molar-refractivity contribution is 7.99. The summed E-state index contributed by atoms with van der Waals surface area (Å²) >= 11 is 1.54. The van der Waals surface area contributed by atoms with Gasteiger partial charge in [-0.05, 0) is 45.9 Å². The van der Waals surface area contributed by atoms with Gasteiger partial charge in [-0.15, -0.1) is 0 Å². The molecule has 0 aromatic rings. The first-order chi connectivity index (χ1) is 8.88. The minimum atomic E-state index is -0.833. The van der Waals surface area contributed by atoms with Crippen molar-refractivity contribution in [2.24, 2.45) is 0 Å². The third kappa shape index (κ3) is 6.82. The van der Waals surface area contributed by atoms with Crippen molar-refractivity contribution in [1.29, 1.82) is 0 Å². The highest BCUT2D eigenvalue weighted by atomic mass is 32.2. The summed E-state index contributed by atoms with van der Waals surface area (Å²) in [4.78, 5) is 22.6. The number of thioether (sulfide) groups is 1. The van der Waals surface area contributed by atoms with Crippen LogP contribution in [0.25, 0.3) is 0 Å². The second-order valence-corrected chi connectivity index (χ2v) is 5.97. The smallest absolute Gasteiger partial charge is 0.323 e.